The smallest absolute Gasteiger partial charge is 0.166 e. The SMILES string of the molecule is O=S1(=O)OOC2(OOS(=O)(=O)O2)O1. The molecule has 0 aromatic carbocycles. The van der Waals surface area contributed by atoms with Crippen LogP contribution in [0.4, 0.5) is 0 Å². The minimum atomic E-state index is -4.50. The summed E-state index contributed by atoms with van der Waals surface area (Å²) >= 11 is 0. The van der Waals surface area contributed by atoms with Gasteiger partial charge in [0.25, 0.3) is 0 Å². The summed E-state index contributed by atoms with van der Waals surface area (Å²) in [5.74, 6) is 0. The molecule has 2 fully saturated rings. The van der Waals surface area contributed by atoms with Crippen molar-refractivity contribution in [3.8, 4) is 0 Å². The van der Waals surface area contributed by atoms with Crippen LogP contribution >= 0.6 is 0 Å². The first-order valence-electron chi connectivity index (χ1n) is 2.48. The molecule has 0 atom stereocenters. The average Bonchev–Trinajstić information content (AvgIpc) is 2.37. The van der Waals surface area contributed by atoms with Crippen molar-refractivity contribution in [2.75, 3.05) is 0 Å². The molecule has 0 N–H and O–H groups in total. The van der Waals surface area contributed by atoms with E-state index in [4.69, 9.17) is 0 Å². The van der Waals surface area contributed by atoms with E-state index in [9.17, 15) is 16.8 Å². The monoisotopic (exact) mass is 236 g/mol. The largest absolute Gasteiger partial charge is 0.501 e. The zero-order chi connectivity index (χ0) is 9.74. The molecule has 0 radical (unpaired) electrons. The van der Waals surface area contributed by atoms with E-state index < -0.39 is 27.0 Å². The Bertz CT molecular complexity index is 370. The highest BCUT2D eigenvalue weighted by molar-refractivity contribution is 7.82. The standard InChI is InChI=1S/CO10S2/c2-12(3)8-1(6-10-12)7-11-13(4,5)9-1. The van der Waals surface area contributed by atoms with Gasteiger partial charge in [0.15, 0.2) is 0 Å². The fourth-order valence-electron chi connectivity index (χ4n) is 0.528. The van der Waals surface area contributed by atoms with Crippen LogP contribution in [0, 0.1) is 0 Å². The van der Waals surface area contributed by atoms with E-state index >= 15 is 0 Å². The fourth-order valence-corrected chi connectivity index (χ4v) is 1.64. The molecule has 1 spiro atoms. The Balaban J connectivity index is 2.29. The zero-order valence-corrected chi connectivity index (χ0v) is 7.03. The summed E-state index contributed by atoms with van der Waals surface area (Å²) in [7, 11) is -9.01. The summed E-state index contributed by atoms with van der Waals surface area (Å²) in [5.41, 5.74) is 0. The highest BCUT2D eigenvalue weighted by atomic mass is 32.3. The molecule has 2 heterocycles. The van der Waals surface area contributed by atoms with Crippen LogP contribution in [-0.2, 0) is 47.6 Å². The van der Waals surface area contributed by atoms with Gasteiger partial charge in [-0.15, -0.1) is 9.78 Å². The van der Waals surface area contributed by atoms with Crippen molar-refractivity contribution in [2.24, 2.45) is 0 Å². The highest BCUT2D eigenvalue weighted by Crippen LogP contribution is 2.35. The third-order valence-electron chi connectivity index (χ3n) is 0.847. The number of hydrogen-bond donors (Lipinski definition) is 0. The van der Waals surface area contributed by atoms with Gasteiger partial charge in [-0.25, -0.2) is 0 Å². The maximum atomic E-state index is 10.4. The van der Waals surface area contributed by atoms with Gasteiger partial charge in [0.2, 0.25) is 0 Å². The van der Waals surface area contributed by atoms with E-state index in [-0.39, 0.29) is 0 Å². The summed E-state index contributed by atoms with van der Waals surface area (Å²) in [6, 6.07) is 0. The third-order valence-corrected chi connectivity index (χ3v) is 2.13. The van der Waals surface area contributed by atoms with Crippen molar-refractivity contribution in [1.29, 1.82) is 0 Å². The molecular weight excluding hydrogens is 236 g/mol. The Morgan fingerprint density at radius 1 is 0.769 bits per heavy atom. The molecule has 12 heteroatoms. The van der Waals surface area contributed by atoms with E-state index in [1.807, 2.05) is 0 Å². The molecular formula is CO10S2. The molecule has 0 aromatic rings. The minimum absolute atomic E-state index is 2.86. The molecule has 10 nitrogen and oxygen atoms in total. The van der Waals surface area contributed by atoms with Crippen LogP contribution < -0.4 is 0 Å². The van der Waals surface area contributed by atoms with Gasteiger partial charge >= 0.3 is 27.0 Å². The van der Waals surface area contributed by atoms with Gasteiger partial charge < -0.3 is 0 Å². The lowest BCUT2D eigenvalue weighted by molar-refractivity contribution is -0.526. The normalized spacial score (nSPS) is 33.8. The maximum Gasteiger partial charge on any atom is 0.501 e. The van der Waals surface area contributed by atoms with Gasteiger partial charge in [-0.1, -0.05) is 8.67 Å². The Morgan fingerprint density at radius 2 is 1.15 bits per heavy atom. The summed E-state index contributed by atoms with van der Waals surface area (Å²) in [6.07, 6.45) is -2.86. The fraction of sp³-hybridized carbons (Fsp3) is 1.00. The van der Waals surface area contributed by atoms with E-state index in [1.165, 1.54) is 0 Å². The van der Waals surface area contributed by atoms with Crippen LogP contribution in [0.3, 0.4) is 0 Å². The lowest BCUT2D eigenvalue weighted by Gasteiger charge is -2.04. The zero-order valence-electron chi connectivity index (χ0n) is 5.40. The first-order chi connectivity index (χ1) is 5.83. The molecule has 0 amide bonds. The molecule has 2 aliphatic rings. The molecule has 2 saturated heterocycles. The first kappa shape index (κ1) is 9.22. The van der Waals surface area contributed by atoms with Crippen LogP contribution in [0.1, 0.15) is 0 Å². The first-order valence-corrected chi connectivity index (χ1v) is 5.15. The Kier molecular flexibility index (Phi) is 1.68. The summed E-state index contributed by atoms with van der Waals surface area (Å²) in [6.45, 7) is 0. The van der Waals surface area contributed by atoms with Crippen LogP contribution in [0.15, 0.2) is 0 Å². The second kappa shape index (κ2) is 2.37. The van der Waals surface area contributed by atoms with Crippen molar-refractivity contribution >= 4 is 20.8 Å². The Labute approximate surface area is 71.4 Å². The van der Waals surface area contributed by atoms with Crippen molar-refractivity contribution in [3.05, 3.63) is 0 Å². The predicted molar refractivity (Wildman–Crippen MR) is 27.1 cm³/mol. The van der Waals surface area contributed by atoms with Gasteiger partial charge in [0.1, 0.15) is 0 Å². The molecule has 2 aliphatic heterocycles. The number of rotatable bonds is 0. The van der Waals surface area contributed by atoms with Gasteiger partial charge in [0, 0.05) is 0 Å². The predicted octanol–water partition coefficient (Wildman–Crippen LogP) is -1.96. The van der Waals surface area contributed by atoms with Crippen molar-refractivity contribution in [2.45, 2.75) is 6.16 Å². The van der Waals surface area contributed by atoms with Crippen LogP contribution in [-0.4, -0.2) is 23.0 Å². The van der Waals surface area contributed by atoms with Crippen LogP contribution in [0.5, 0.6) is 0 Å². The minimum Gasteiger partial charge on any atom is -0.166 e. The average molecular weight is 236 g/mol. The maximum absolute atomic E-state index is 10.4. The third kappa shape index (κ3) is 1.65. The van der Waals surface area contributed by atoms with Crippen LogP contribution in [0.2, 0.25) is 0 Å². The summed E-state index contributed by atoms with van der Waals surface area (Å²) in [5, 5.41) is 0. The summed E-state index contributed by atoms with van der Waals surface area (Å²) in [4.78, 5) is 7.59. The molecule has 2 rings (SSSR count). The second-order valence-electron chi connectivity index (χ2n) is 1.79. The topological polar surface area (TPSA) is 124 Å². The molecule has 0 aromatic heterocycles. The van der Waals surface area contributed by atoms with Crippen molar-refractivity contribution in [1.82, 2.24) is 0 Å². The molecule has 0 unspecified atom stereocenters. The Morgan fingerprint density at radius 3 is 1.38 bits per heavy atom. The van der Waals surface area contributed by atoms with Gasteiger partial charge in [-0.2, -0.15) is 25.2 Å². The Hall–Kier alpha value is -0.340. The van der Waals surface area contributed by atoms with E-state index in [2.05, 4.69) is 26.8 Å². The van der Waals surface area contributed by atoms with E-state index in [0.717, 1.165) is 0 Å². The summed E-state index contributed by atoms with van der Waals surface area (Å²) < 4.78 is 56.4. The van der Waals surface area contributed by atoms with Gasteiger partial charge in [-0.05, 0) is 0 Å². The quantitative estimate of drug-likeness (QED) is 0.438. The van der Waals surface area contributed by atoms with Crippen molar-refractivity contribution in [3.63, 3.8) is 0 Å². The molecule has 0 saturated carbocycles. The molecule has 13 heavy (non-hydrogen) atoms. The van der Waals surface area contributed by atoms with E-state index in [1.54, 1.807) is 0 Å². The van der Waals surface area contributed by atoms with Gasteiger partial charge in [-0.3, -0.25) is 0 Å². The van der Waals surface area contributed by atoms with Crippen LogP contribution in [0.25, 0.3) is 0 Å². The lowest BCUT2D eigenvalue weighted by Crippen LogP contribution is -2.31. The molecule has 76 valence electrons. The van der Waals surface area contributed by atoms with Gasteiger partial charge in [0.05, 0.1) is 0 Å². The molecule has 0 bridgehead atoms. The number of hydrogen-bond acceptors (Lipinski definition) is 10. The highest BCUT2D eigenvalue weighted by Gasteiger charge is 2.61. The lowest BCUT2D eigenvalue weighted by atomic mass is 11.2. The van der Waals surface area contributed by atoms with E-state index in [0.29, 0.717) is 0 Å². The second-order valence-corrected chi connectivity index (χ2v) is 4.02. The van der Waals surface area contributed by atoms with Crippen molar-refractivity contribution < 1.29 is 43.6 Å². The molecule has 0 aliphatic carbocycles.